The van der Waals surface area contributed by atoms with E-state index < -0.39 is 11.1 Å². The maximum atomic E-state index is 13.9. The van der Waals surface area contributed by atoms with Gasteiger partial charge in [-0.1, -0.05) is 46.3 Å². The van der Waals surface area contributed by atoms with Gasteiger partial charge in [-0.3, -0.25) is 19.3 Å². The molecule has 4 rings (SSSR count). The number of methoxy groups -OCH3 is 1. The number of nitrogens with zero attached hydrogens (tertiary/aromatic N) is 1. The molecule has 1 aliphatic heterocycles. The number of hydrogen-bond acceptors (Lipinski definition) is 6. The standard InChI is InChI=1S/C26H18BrFINO5S/c1-34-22-11-15(10-20(29)24(22)35-14-17-4-2-3-5-19(17)28)12-23-25(32)30(26(33)36-23)13-21(31)16-6-8-18(27)9-7-16/h2-12H,13-14H2,1H3/b23-12+. The second-order valence-electron chi connectivity index (χ2n) is 7.61. The quantitative estimate of drug-likeness (QED) is 0.150. The van der Waals surface area contributed by atoms with Crippen LogP contribution in [0, 0.1) is 9.39 Å². The molecule has 0 atom stereocenters. The number of carbonyl (C=O) groups excluding carboxylic acids is 3. The van der Waals surface area contributed by atoms with Crippen molar-refractivity contribution in [2.75, 3.05) is 13.7 Å². The van der Waals surface area contributed by atoms with Crippen molar-refractivity contribution in [2.24, 2.45) is 0 Å². The van der Waals surface area contributed by atoms with Crippen molar-refractivity contribution in [2.45, 2.75) is 6.61 Å². The highest BCUT2D eigenvalue weighted by Gasteiger charge is 2.36. The summed E-state index contributed by atoms with van der Waals surface area (Å²) in [7, 11) is 1.48. The molecule has 0 N–H and O–H groups in total. The molecule has 3 aromatic carbocycles. The Morgan fingerprint density at radius 3 is 2.56 bits per heavy atom. The molecule has 0 spiro atoms. The number of Topliss-reactive ketones (excluding diaryl/α,β-unsaturated/α-hetero) is 1. The zero-order valence-corrected chi connectivity index (χ0v) is 23.4. The Bertz CT molecular complexity index is 1380. The minimum Gasteiger partial charge on any atom is -0.493 e. The Morgan fingerprint density at radius 2 is 1.86 bits per heavy atom. The predicted octanol–water partition coefficient (Wildman–Crippen LogP) is 6.70. The van der Waals surface area contributed by atoms with Crippen molar-refractivity contribution in [1.29, 1.82) is 0 Å². The van der Waals surface area contributed by atoms with Crippen LogP contribution in [0.3, 0.4) is 0 Å². The SMILES string of the molecule is COc1cc(/C=C2/SC(=O)N(CC(=O)c3ccc(Br)cc3)C2=O)cc(I)c1OCc1ccccc1F. The van der Waals surface area contributed by atoms with Crippen LogP contribution in [0.25, 0.3) is 6.08 Å². The highest BCUT2D eigenvalue weighted by molar-refractivity contribution is 14.1. The predicted molar refractivity (Wildman–Crippen MR) is 148 cm³/mol. The van der Waals surface area contributed by atoms with Crippen molar-refractivity contribution in [3.8, 4) is 11.5 Å². The summed E-state index contributed by atoms with van der Waals surface area (Å²) in [6.45, 7) is -0.322. The molecule has 1 saturated heterocycles. The third kappa shape index (κ3) is 5.98. The smallest absolute Gasteiger partial charge is 0.293 e. The van der Waals surface area contributed by atoms with Crippen molar-refractivity contribution in [3.63, 3.8) is 0 Å². The lowest BCUT2D eigenvalue weighted by Crippen LogP contribution is -2.33. The first kappa shape index (κ1) is 26.4. The Kier molecular flexibility index (Phi) is 8.47. The van der Waals surface area contributed by atoms with Crippen LogP contribution in [0.1, 0.15) is 21.5 Å². The zero-order valence-electron chi connectivity index (χ0n) is 18.8. The van der Waals surface area contributed by atoms with E-state index in [1.807, 2.05) is 0 Å². The van der Waals surface area contributed by atoms with Crippen LogP contribution in [0.15, 0.2) is 70.0 Å². The molecular formula is C26H18BrFINO5S. The first-order valence-electron chi connectivity index (χ1n) is 10.5. The molecule has 0 bridgehead atoms. The highest BCUT2D eigenvalue weighted by atomic mass is 127. The average molecular weight is 682 g/mol. The number of rotatable bonds is 8. The summed E-state index contributed by atoms with van der Waals surface area (Å²) in [6, 6.07) is 16.5. The van der Waals surface area contributed by atoms with Crippen molar-refractivity contribution in [1.82, 2.24) is 4.90 Å². The molecule has 0 saturated carbocycles. The normalized spacial score (nSPS) is 14.4. The fourth-order valence-corrected chi connectivity index (χ4v) is 5.27. The number of hydrogen-bond donors (Lipinski definition) is 0. The van der Waals surface area contributed by atoms with Gasteiger partial charge in [0, 0.05) is 15.6 Å². The van der Waals surface area contributed by atoms with Crippen LogP contribution in [-0.4, -0.2) is 35.5 Å². The first-order valence-corrected chi connectivity index (χ1v) is 13.2. The zero-order chi connectivity index (χ0) is 25.8. The Hall–Kier alpha value is -2.70. The molecule has 0 aromatic heterocycles. The monoisotopic (exact) mass is 681 g/mol. The third-order valence-corrected chi connectivity index (χ3v) is 7.46. The van der Waals surface area contributed by atoms with Crippen LogP contribution >= 0.6 is 50.3 Å². The van der Waals surface area contributed by atoms with E-state index in [4.69, 9.17) is 9.47 Å². The van der Waals surface area contributed by atoms with E-state index in [0.717, 1.165) is 21.1 Å². The summed E-state index contributed by atoms with van der Waals surface area (Å²) in [5.74, 6) is -0.402. The molecule has 36 heavy (non-hydrogen) atoms. The van der Waals surface area contributed by atoms with Gasteiger partial charge in [0.2, 0.25) is 0 Å². The number of amides is 2. The lowest BCUT2D eigenvalue weighted by atomic mass is 10.1. The van der Waals surface area contributed by atoms with Gasteiger partial charge in [0.15, 0.2) is 17.3 Å². The van der Waals surface area contributed by atoms with Gasteiger partial charge in [-0.15, -0.1) is 0 Å². The van der Waals surface area contributed by atoms with E-state index in [1.165, 1.54) is 13.2 Å². The maximum absolute atomic E-state index is 13.9. The molecule has 0 unspecified atom stereocenters. The average Bonchev–Trinajstić information content (AvgIpc) is 3.11. The lowest BCUT2D eigenvalue weighted by Gasteiger charge is -2.14. The van der Waals surface area contributed by atoms with Crippen LogP contribution < -0.4 is 9.47 Å². The summed E-state index contributed by atoms with van der Waals surface area (Å²) < 4.78 is 26.7. The molecule has 10 heteroatoms. The van der Waals surface area contributed by atoms with Crippen molar-refractivity contribution >= 4 is 73.3 Å². The fourth-order valence-electron chi connectivity index (χ4n) is 3.39. The minimum atomic E-state index is -0.538. The molecule has 1 heterocycles. The molecule has 184 valence electrons. The molecule has 1 aliphatic rings. The number of benzene rings is 3. The number of thioether (sulfide) groups is 1. The Labute approximate surface area is 233 Å². The van der Waals surface area contributed by atoms with Gasteiger partial charge in [-0.2, -0.15) is 0 Å². The molecule has 6 nitrogen and oxygen atoms in total. The molecule has 0 radical (unpaired) electrons. The van der Waals surface area contributed by atoms with Crippen LogP contribution in [0.4, 0.5) is 9.18 Å². The summed E-state index contributed by atoms with van der Waals surface area (Å²) >= 11 is 6.15. The van der Waals surface area contributed by atoms with Gasteiger partial charge >= 0.3 is 0 Å². The van der Waals surface area contributed by atoms with E-state index in [0.29, 0.717) is 31.8 Å². The summed E-state index contributed by atoms with van der Waals surface area (Å²) in [4.78, 5) is 39.1. The van der Waals surface area contributed by atoms with Gasteiger partial charge in [0.05, 0.1) is 22.1 Å². The first-order chi connectivity index (χ1) is 17.3. The number of carbonyl (C=O) groups is 3. The molecule has 2 amide bonds. The Morgan fingerprint density at radius 1 is 1.14 bits per heavy atom. The minimum absolute atomic E-state index is 0.0175. The van der Waals surface area contributed by atoms with Crippen LogP contribution in [0.2, 0.25) is 0 Å². The Balaban J connectivity index is 1.51. The highest BCUT2D eigenvalue weighted by Crippen LogP contribution is 2.37. The third-order valence-electron chi connectivity index (χ3n) is 5.22. The largest absolute Gasteiger partial charge is 0.493 e. The van der Waals surface area contributed by atoms with Crippen LogP contribution in [0.5, 0.6) is 11.5 Å². The van der Waals surface area contributed by atoms with E-state index in [2.05, 4.69) is 38.5 Å². The molecular weight excluding hydrogens is 664 g/mol. The number of halogens is 3. The van der Waals surface area contributed by atoms with E-state index in [1.54, 1.807) is 60.7 Å². The van der Waals surface area contributed by atoms with Crippen molar-refractivity contribution in [3.05, 3.63) is 96.1 Å². The van der Waals surface area contributed by atoms with Crippen molar-refractivity contribution < 1.29 is 28.2 Å². The van der Waals surface area contributed by atoms with E-state index in [9.17, 15) is 18.8 Å². The van der Waals surface area contributed by atoms with E-state index >= 15 is 0 Å². The second kappa shape index (κ2) is 11.6. The lowest BCUT2D eigenvalue weighted by molar-refractivity contribution is -0.122. The van der Waals surface area contributed by atoms with Crippen LogP contribution in [-0.2, 0) is 11.4 Å². The van der Waals surface area contributed by atoms with Gasteiger partial charge in [-0.25, -0.2) is 4.39 Å². The number of ether oxygens (including phenoxy) is 2. The second-order valence-corrected chi connectivity index (χ2v) is 10.7. The maximum Gasteiger partial charge on any atom is 0.293 e. The number of imide groups is 1. The van der Waals surface area contributed by atoms with Gasteiger partial charge in [0.25, 0.3) is 11.1 Å². The number of ketones is 1. The molecule has 3 aromatic rings. The topological polar surface area (TPSA) is 72.9 Å². The van der Waals surface area contributed by atoms with E-state index in [-0.39, 0.29) is 29.7 Å². The molecule has 0 aliphatic carbocycles. The summed E-state index contributed by atoms with van der Waals surface area (Å²) in [5, 5.41) is -0.511. The fraction of sp³-hybridized carbons (Fsp3) is 0.115. The molecule has 1 fully saturated rings. The summed E-state index contributed by atoms with van der Waals surface area (Å²) in [5.41, 5.74) is 1.43. The summed E-state index contributed by atoms with van der Waals surface area (Å²) in [6.07, 6.45) is 1.57. The van der Waals surface area contributed by atoms with Gasteiger partial charge < -0.3 is 9.47 Å². The van der Waals surface area contributed by atoms with Gasteiger partial charge in [-0.05, 0) is 76.3 Å². The van der Waals surface area contributed by atoms with Gasteiger partial charge in [0.1, 0.15) is 12.4 Å².